The van der Waals surface area contributed by atoms with Crippen LogP contribution in [0.15, 0.2) is 34.8 Å². The fourth-order valence-corrected chi connectivity index (χ4v) is 1.83. The predicted molar refractivity (Wildman–Crippen MR) is 60.2 cm³/mol. The zero-order valence-corrected chi connectivity index (χ0v) is 9.21. The van der Waals surface area contributed by atoms with Gasteiger partial charge in [-0.3, -0.25) is 0 Å². The Morgan fingerprint density at radius 1 is 1.23 bits per heavy atom. The number of benzene rings is 1. The van der Waals surface area contributed by atoms with Gasteiger partial charge >= 0.3 is 0 Å². The summed E-state index contributed by atoms with van der Waals surface area (Å²) in [4.78, 5) is 2.34. The van der Waals surface area contributed by atoms with Gasteiger partial charge in [-0.25, -0.2) is 0 Å². The molecule has 0 aromatic heterocycles. The van der Waals surface area contributed by atoms with Crippen LogP contribution in [0.2, 0.25) is 0 Å². The molecule has 2 rings (SSSR count). The molecule has 0 spiro atoms. The summed E-state index contributed by atoms with van der Waals surface area (Å²) in [5.74, 6) is 0. The van der Waals surface area contributed by atoms with Gasteiger partial charge in [-0.05, 0) is 24.6 Å². The molecule has 0 aliphatic carbocycles. The molecule has 0 fully saturated rings. The van der Waals surface area contributed by atoms with Crippen LogP contribution in [0.1, 0.15) is 5.56 Å². The Morgan fingerprint density at radius 3 is 2.54 bits per heavy atom. The quantitative estimate of drug-likeness (QED) is 0.679. The summed E-state index contributed by atoms with van der Waals surface area (Å²) in [6, 6.07) is 6.51. The highest BCUT2D eigenvalue weighted by molar-refractivity contribution is 9.10. The third-order valence-corrected chi connectivity index (χ3v) is 3.19. The van der Waals surface area contributed by atoms with Crippen LogP contribution in [0.25, 0.3) is 0 Å². The van der Waals surface area contributed by atoms with Crippen molar-refractivity contribution in [3.05, 3.63) is 40.4 Å². The Hall–Kier alpha value is -0.760. The molecule has 1 aliphatic heterocycles. The van der Waals surface area contributed by atoms with Gasteiger partial charge in [-0.1, -0.05) is 34.1 Å². The van der Waals surface area contributed by atoms with Crippen LogP contribution < -0.4 is 4.90 Å². The second-order valence-electron chi connectivity index (χ2n) is 3.31. The number of halogens is 1. The largest absolute Gasteiger partial charge is 0.364 e. The average molecular weight is 238 g/mol. The molecule has 0 atom stereocenters. The van der Waals surface area contributed by atoms with Gasteiger partial charge in [0.05, 0.1) is 0 Å². The third kappa shape index (κ3) is 1.78. The second kappa shape index (κ2) is 3.54. The normalized spacial score (nSPS) is 15.4. The highest BCUT2D eigenvalue weighted by atomic mass is 79.9. The van der Waals surface area contributed by atoms with Gasteiger partial charge in [0, 0.05) is 23.2 Å². The Morgan fingerprint density at radius 2 is 1.92 bits per heavy atom. The van der Waals surface area contributed by atoms with Gasteiger partial charge in [0.15, 0.2) is 0 Å². The summed E-state index contributed by atoms with van der Waals surface area (Å²) in [5.41, 5.74) is 2.58. The van der Waals surface area contributed by atoms with Crippen molar-refractivity contribution >= 4 is 21.6 Å². The first kappa shape index (κ1) is 8.82. The van der Waals surface area contributed by atoms with E-state index in [0.717, 1.165) is 13.1 Å². The minimum Gasteiger partial charge on any atom is -0.364 e. The first-order chi connectivity index (χ1) is 6.27. The van der Waals surface area contributed by atoms with Crippen LogP contribution in [0.5, 0.6) is 0 Å². The molecule has 2 heteroatoms. The molecule has 0 saturated heterocycles. The number of anilines is 1. The molecule has 0 amide bonds. The molecule has 1 aliphatic rings. The summed E-state index contributed by atoms with van der Waals surface area (Å²) in [7, 11) is 0. The maximum atomic E-state index is 3.55. The first-order valence-corrected chi connectivity index (χ1v) is 5.23. The molecule has 1 nitrogen and oxygen atoms in total. The van der Waals surface area contributed by atoms with Gasteiger partial charge < -0.3 is 4.90 Å². The second-order valence-corrected chi connectivity index (χ2v) is 4.16. The van der Waals surface area contributed by atoms with Crippen LogP contribution in [0.3, 0.4) is 0 Å². The number of hydrogen-bond donors (Lipinski definition) is 0. The van der Waals surface area contributed by atoms with Gasteiger partial charge in [0.2, 0.25) is 0 Å². The first-order valence-electron chi connectivity index (χ1n) is 4.43. The maximum absolute atomic E-state index is 3.55. The van der Waals surface area contributed by atoms with Gasteiger partial charge in [-0.2, -0.15) is 0 Å². The van der Waals surface area contributed by atoms with Gasteiger partial charge in [0.25, 0.3) is 0 Å². The number of hydrogen-bond acceptors (Lipinski definition) is 1. The van der Waals surface area contributed by atoms with Crippen molar-refractivity contribution in [1.82, 2.24) is 0 Å². The molecule has 0 radical (unpaired) electrons. The van der Waals surface area contributed by atoms with E-state index in [9.17, 15) is 0 Å². The fourth-order valence-electron chi connectivity index (χ4n) is 1.47. The SMILES string of the molecule is Cc1ccc(N2CC=CC2)cc1Br. The predicted octanol–water partition coefficient (Wildman–Crippen LogP) is 3.13. The van der Waals surface area contributed by atoms with E-state index in [1.54, 1.807) is 0 Å². The van der Waals surface area contributed by atoms with Crippen LogP contribution in [0.4, 0.5) is 5.69 Å². The molecule has 1 heterocycles. The average Bonchev–Trinajstić information content (AvgIpc) is 2.62. The zero-order chi connectivity index (χ0) is 9.26. The molecule has 0 saturated carbocycles. The zero-order valence-electron chi connectivity index (χ0n) is 7.63. The van der Waals surface area contributed by atoms with Gasteiger partial charge in [-0.15, -0.1) is 0 Å². The van der Waals surface area contributed by atoms with E-state index in [2.05, 4.69) is 58.1 Å². The molecule has 0 unspecified atom stereocenters. The van der Waals surface area contributed by atoms with Crippen molar-refractivity contribution in [2.24, 2.45) is 0 Å². The van der Waals surface area contributed by atoms with E-state index in [-0.39, 0.29) is 0 Å². The highest BCUT2D eigenvalue weighted by Gasteiger charge is 2.07. The topological polar surface area (TPSA) is 3.24 Å². The molecule has 1 aromatic rings. The summed E-state index contributed by atoms with van der Waals surface area (Å²) < 4.78 is 1.19. The summed E-state index contributed by atoms with van der Waals surface area (Å²) in [5, 5.41) is 0. The minimum atomic E-state index is 1.04. The Bertz CT molecular complexity index is 336. The van der Waals surface area contributed by atoms with E-state index in [1.807, 2.05) is 0 Å². The molecular weight excluding hydrogens is 226 g/mol. The van der Waals surface area contributed by atoms with Crippen molar-refractivity contribution in [2.45, 2.75) is 6.92 Å². The number of nitrogens with zero attached hydrogens (tertiary/aromatic N) is 1. The molecule has 1 aromatic carbocycles. The minimum absolute atomic E-state index is 1.04. The Labute approximate surface area is 87.2 Å². The lowest BCUT2D eigenvalue weighted by Gasteiger charge is -2.18. The van der Waals surface area contributed by atoms with E-state index in [1.165, 1.54) is 15.7 Å². The van der Waals surface area contributed by atoms with Crippen molar-refractivity contribution < 1.29 is 0 Å². The lowest BCUT2D eigenvalue weighted by atomic mass is 10.2. The van der Waals surface area contributed by atoms with Gasteiger partial charge in [0.1, 0.15) is 0 Å². The maximum Gasteiger partial charge on any atom is 0.0383 e. The van der Waals surface area contributed by atoms with Crippen LogP contribution in [-0.2, 0) is 0 Å². The van der Waals surface area contributed by atoms with Crippen molar-refractivity contribution in [3.63, 3.8) is 0 Å². The van der Waals surface area contributed by atoms with E-state index in [0.29, 0.717) is 0 Å². The lowest BCUT2D eigenvalue weighted by Crippen LogP contribution is -2.18. The van der Waals surface area contributed by atoms with Crippen molar-refractivity contribution in [1.29, 1.82) is 0 Å². The van der Waals surface area contributed by atoms with E-state index >= 15 is 0 Å². The van der Waals surface area contributed by atoms with Crippen LogP contribution in [0, 0.1) is 6.92 Å². The smallest absolute Gasteiger partial charge is 0.0383 e. The molecule has 0 N–H and O–H groups in total. The van der Waals surface area contributed by atoms with Crippen LogP contribution >= 0.6 is 15.9 Å². The summed E-state index contributed by atoms with van der Waals surface area (Å²) in [6.07, 6.45) is 4.40. The molecular formula is C11H12BrN. The summed E-state index contributed by atoms with van der Waals surface area (Å²) >= 11 is 3.55. The highest BCUT2D eigenvalue weighted by Crippen LogP contribution is 2.24. The molecule has 13 heavy (non-hydrogen) atoms. The van der Waals surface area contributed by atoms with Crippen molar-refractivity contribution in [2.75, 3.05) is 18.0 Å². The Kier molecular flexibility index (Phi) is 2.40. The molecule has 68 valence electrons. The monoisotopic (exact) mass is 237 g/mol. The van der Waals surface area contributed by atoms with Crippen molar-refractivity contribution in [3.8, 4) is 0 Å². The number of rotatable bonds is 1. The fraction of sp³-hybridized carbons (Fsp3) is 0.273. The standard InChI is InChI=1S/C11H12BrN/c1-9-4-5-10(8-11(9)12)13-6-2-3-7-13/h2-5,8H,6-7H2,1H3. The number of aryl methyl sites for hydroxylation is 1. The lowest BCUT2D eigenvalue weighted by molar-refractivity contribution is 1.00. The van der Waals surface area contributed by atoms with E-state index in [4.69, 9.17) is 0 Å². The summed E-state index contributed by atoms with van der Waals surface area (Å²) in [6.45, 7) is 4.18. The molecule has 0 bridgehead atoms. The Balaban J connectivity index is 2.26. The third-order valence-electron chi connectivity index (χ3n) is 2.34. The van der Waals surface area contributed by atoms with E-state index < -0.39 is 0 Å². The van der Waals surface area contributed by atoms with Crippen LogP contribution in [-0.4, -0.2) is 13.1 Å².